The van der Waals surface area contributed by atoms with E-state index in [1.54, 1.807) is 0 Å². The van der Waals surface area contributed by atoms with Gasteiger partial charge in [0.1, 0.15) is 13.2 Å². The first-order chi connectivity index (χ1) is 16.5. The zero-order valence-electron chi connectivity index (χ0n) is 26.7. The molecule has 37 heavy (non-hydrogen) atoms. The number of unbranched alkanes of at least 4 members (excludes halogenated alkanes) is 2. The van der Waals surface area contributed by atoms with Gasteiger partial charge >= 0.3 is 11.9 Å². The average Bonchev–Trinajstić information content (AvgIpc) is 2.74. The van der Waals surface area contributed by atoms with E-state index in [9.17, 15) is 9.59 Å². The van der Waals surface area contributed by atoms with E-state index in [0.717, 1.165) is 12.8 Å². The summed E-state index contributed by atoms with van der Waals surface area (Å²) in [5, 5.41) is 0. The fourth-order valence-electron chi connectivity index (χ4n) is 3.24. The molecule has 0 amide bonds. The van der Waals surface area contributed by atoms with Crippen LogP contribution in [0, 0.1) is 22.7 Å². The predicted molar refractivity (Wildman–Crippen MR) is 172 cm³/mol. The monoisotopic (exact) mass is 672 g/mol. The van der Waals surface area contributed by atoms with Crippen molar-refractivity contribution in [2.75, 3.05) is 24.7 Å². The summed E-state index contributed by atoms with van der Waals surface area (Å²) < 4.78 is 9.92. The standard InChI is InChI=1S/2C11H22O2S.2C4H10.Sn/c2*1-9(8-11(2,3)4)7-10(12)13-5-6-14;2*1-3-4-2;/h2*9,14H,5-8H2,1-4H3;2*3-4H2,1-2H3;. The van der Waals surface area contributed by atoms with E-state index in [4.69, 9.17) is 9.47 Å². The average molecular weight is 672 g/mol. The molecule has 0 aromatic rings. The van der Waals surface area contributed by atoms with Crippen molar-refractivity contribution in [2.24, 2.45) is 22.7 Å². The van der Waals surface area contributed by atoms with Crippen LogP contribution in [0.25, 0.3) is 0 Å². The van der Waals surface area contributed by atoms with Gasteiger partial charge in [-0.2, -0.15) is 25.3 Å². The summed E-state index contributed by atoms with van der Waals surface area (Å²) in [6, 6.07) is 0. The third-order valence-corrected chi connectivity index (χ3v) is 5.03. The largest absolute Gasteiger partial charge is 0.465 e. The van der Waals surface area contributed by atoms with Crippen molar-refractivity contribution in [2.45, 2.75) is 134 Å². The first-order valence-electron chi connectivity index (χ1n) is 14.1. The van der Waals surface area contributed by atoms with Crippen LogP contribution in [0.15, 0.2) is 0 Å². The number of esters is 2. The second kappa shape index (κ2) is 31.0. The van der Waals surface area contributed by atoms with Gasteiger partial charge in [-0.05, 0) is 35.5 Å². The summed E-state index contributed by atoms with van der Waals surface area (Å²) in [6.07, 6.45) is 8.40. The topological polar surface area (TPSA) is 52.6 Å². The van der Waals surface area contributed by atoms with Gasteiger partial charge in [-0.1, -0.05) is 109 Å². The maximum atomic E-state index is 11.2. The molecule has 224 valence electrons. The molecule has 0 fully saturated rings. The summed E-state index contributed by atoms with van der Waals surface area (Å²) in [6.45, 7) is 26.8. The molecule has 0 rings (SSSR count). The molecule has 0 N–H and O–H groups in total. The molecule has 4 radical (unpaired) electrons. The van der Waals surface area contributed by atoms with Crippen LogP contribution in [0.3, 0.4) is 0 Å². The maximum absolute atomic E-state index is 11.2. The van der Waals surface area contributed by atoms with Gasteiger partial charge in [0.2, 0.25) is 0 Å². The van der Waals surface area contributed by atoms with Crippen LogP contribution in [0.4, 0.5) is 0 Å². The Bertz CT molecular complexity index is 441. The molecule has 0 aliphatic carbocycles. The van der Waals surface area contributed by atoms with Gasteiger partial charge in [-0.15, -0.1) is 0 Å². The van der Waals surface area contributed by atoms with E-state index in [-0.39, 0.29) is 46.7 Å². The Morgan fingerprint density at radius 3 is 1.03 bits per heavy atom. The van der Waals surface area contributed by atoms with Crippen LogP contribution >= 0.6 is 25.3 Å². The first kappa shape index (κ1) is 47.2. The summed E-state index contributed by atoms with van der Waals surface area (Å²) in [5.74, 6) is 1.77. The second-order valence-corrected chi connectivity index (χ2v) is 12.9. The van der Waals surface area contributed by atoms with E-state index in [0.29, 0.717) is 49.4 Å². The number of carbonyl (C=O) groups is 2. The number of ether oxygens (including phenoxy) is 2. The summed E-state index contributed by atoms with van der Waals surface area (Å²) in [7, 11) is 0. The van der Waals surface area contributed by atoms with E-state index in [1.165, 1.54) is 25.7 Å². The maximum Gasteiger partial charge on any atom is 0.306 e. The first-order valence-corrected chi connectivity index (χ1v) is 15.3. The molecule has 0 saturated heterocycles. The van der Waals surface area contributed by atoms with Gasteiger partial charge in [-0.25, -0.2) is 0 Å². The van der Waals surface area contributed by atoms with Crippen LogP contribution in [-0.4, -0.2) is 60.6 Å². The number of thiol groups is 2. The minimum Gasteiger partial charge on any atom is -0.465 e. The Morgan fingerprint density at radius 2 is 0.865 bits per heavy atom. The molecule has 7 heteroatoms. The minimum absolute atomic E-state index is 0. The van der Waals surface area contributed by atoms with Gasteiger partial charge in [-0.3, -0.25) is 9.59 Å². The van der Waals surface area contributed by atoms with Gasteiger partial charge in [0.05, 0.1) is 0 Å². The van der Waals surface area contributed by atoms with Crippen LogP contribution in [0.1, 0.15) is 134 Å². The molecule has 0 aromatic heterocycles. The molecular formula is C30H64O4S2Sn. The van der Waals surface area contributed by atoms with Crippen LogP contribution in [0.2, 0.25) is 0 Å². The molecule has 0 spiro atoms. The Kier molecular flexibility index (Phi) is 39.5. The van der Waals surface area contributed by atoms with Crippen molar-refractivity contribution < 1.29 is 19.1 Å². The summed E-state index contributed by atoms with van der Waals surface area (Å²) in [5.41, 5.74) is 0.562. The van der Waals surface area contributed by atoms with Crippen LogP contribution < -0.4 is 0 Å². The van der Waals surface area contributed by atoms with E-state index in [2.05, 4.69) is 108 Å². The third kappa shape index (κ3) is 53.4. The third-order valence-electron chi connectivity index (χ3n) is 4.66. The number of hydrogen-bond acceptors (Lipinski definition) is 6. The zero-order chi connectivity index (χ0) is 29.2. The van der Waals surface area contributed by atoms with Gasteiger partial charge in [0.25, 0.3) is 0 Å². The molecule has 0 bridgehead atoms. The Morgan fingerprint density at radius 1 is 0.622 bits per heavy atom. The second-order valence-electron chi connectivity index (χ2n) is 12.0. The van der Waals surface area contributed by atoms with Gasteiger partial charge in [0.15, 0.2) is 0 Å². The minimum atomic E-state index is -0.101. The Hall–Kier alpha value is 0.439. The molecular weight excluding hydrogens is 607 g/mol. The van der Waals surface area contributed by atoms with Crippen molar-refractivity contribution in [1.29, 1.82) is 0 Å². The number of hydrogen-bond donors (Lipinski definition) is 2. The Labute approximate surface area is 260 Å². The van der Waals surface area contributed by atoms with Crippen LogP contribution in [0.5, 0.6) is 0 Å². The Balaban J connectivity index is -0.000000140. The van der Waals surface area contributed by atoms with Crippen molar-refractivity contribution in [3.63, 3.8) is 0 Å². The quantitative estimate of drug-likeness (QED) is 0.124. The van der Waals surface area contributed by atoms with Crippen molar-refractivity contribution in [1.82, 2.24) is 0 Å². The molecule has 0 aromatic carbocycles. The molecule has 0 aliphatic rings. The van der Waals surface area contributed by atoms with E-state index >= 15 is 0 Å². The van der Waals surface area contributed by atoms with Gasteiger partial charge in [0, 0.05) is 48.3 Å². The predicted octanol–water partition coefficient (Wildman–Crippen LogP) is 9.08. The van der Waals surface area contributed by atoms with Crippen molar-refractivity contribution in [3.05, 3.63) is 0 Å². The molecule has 4 nitrogen and oxygen atoms in total. The summed E-state index contributed by atoms with van der Waals surface area (Å²) in [4.78, 5) is 22.5. The summed E-state index contributed by atoms with van der Waals surface area (Å²) >= 11 is 7.95. The fraction of sp³-hybridized carbons (Fsp3) is 0.933. The zero-order valence-corrected chi connectivity index (χ0v) is 31.3. The molecule has 2 unspecified atom stereocenters. The number of carbonyl (C=O) groups excluding carboxylic acids is 2. The van der Waals surface area contributed by atoms with E-state index < -0.39 is 0 Å². The molecule has 0 saturated carbocycles. The SMILES string of the molecule is CC(CC(=O)OCCS)CC(C)(C)C.CC(CC(=O)OCCS)CC(C)(C)C.CCCC.CCCC.[Sn]. The smallest absolute Gasteiger partial charge is 0.306 e. The van der Waals surface area contributed by atoms with E-state index in [1.807, 2.05) is 0 Å². The van der Waals surface area contributed by atoms with Crippen LogP contribution in [-0.2, 0) is 19.1 Å². The normalized spacial score (nSPS) is 12.1. The molecule has 0 aliphatic heterocycles. The van der Waals surface area contributed by atoms with Gasteiger partial charge < -0.3 is 9.47 Å². The van der Waals surface area contributed by atoms with Crippen molar-refractivity contribution in [3.8, 4) is 0 Å². The fourth-order valence-corrected chi connectivity index (χ4v) is 3.42. The molecule has 2 atom stereocenters. The molecule has 0 heterocycles. The number of rotatable bonds is 12. The van der Waals surface area contributed by atoms with Crippen molar-refractivity contribution >= 4 is 61.1 Å².